The third kappa shape index (κ3) is 6.78. The van der Waals surface area contributed by atoms with Crippen LogP contribution in [0.4, 0.5) is 14.9 Å². The molecule has 2 saturated heterocycles. The van der Waals surface area contributed by atoms with Crippen molar-refractivity contribution >= 4 is 17.6 Å². The molecule has 0 saturated carbocycles. The van der Waals surface area contributed by atoms with Gasteiger partial charge in [0.2, 0.25) is 5.91 Å². The van der Waals surface area contributed by atoms with Gasteiger partial charge in [0.15, 0.2) is 0 Å². The van der Waals surface area contributed by atoms with Crippen LogP contribution in [-0.2, 0) is 14.3 Å². The van der Waals surface area contributed by atoms with Crippen LogP contribution in [0.1, 0.15) is 37.8 Å². The molecular formula is C26H32FN3O5. The van der Waals surface area contributed by atoms with Crippen molar-refractivity contribution in [2.75, 3.05) is 25.1 Å². The Morgan fingerprint density at radius 1 is 1.14 bits per heavy atom. The molecule has 8 nitrogen and oxygen atoms in total. The van der Waals surface area contributed by atoms with Gasteiger partial charge in [-0.1, -0.05) is 36.4 Å². The minimum Gasteiger partial charge on any atom is -0.389 e. The third-order valence-electron chi connectivity index (χ3n) is 6.41. The number of aliphatic hydroxyl groups excluding tert-OH is 1. The van der Waals surface area contributed by atoms with Gasteiger partial charge < -0.3 is 30.1 Å². The Kier molecular flexibility index (Phi) is 8.33. The molecule has 2 aliphatic heterocycles. The Hall–Kier alpha value is -3.01. The minimum atomic E-state index is -0.850. The number of hydrogen-bond donors (Lipinski definition) is 3. The van der Waals surface area contributed by atoms with Crippen LogP contribution in [0.15, 0.2) is 54.6 Å². The second-order valence-electron chi connectivity index (χ2n) is 9.13. The Morgan fingerprint density at radius 2 is 1.94 bits per heavy atom. The summed E-state index contributed by atoms with van der Waals surface area (Å²) in [4.78, 5) is 27.3. The van der Waals surface area contributed by atoms with E-state index in [2.05, 4.69) is 10.6 Å². The first-order valence-corrected chi connectivity index (χ1v) is 12.0. The van der Waals surface area contributed by atoms with Crippen LogP contribution in [0.25, 0.3) is 0 Å². The molecule has 2 aromatic carbocycles. The molecule has 188 valence electrons. The van der Waals surface area contributed by atoms with Crippen molar-refractivity contribution in [2.24, 2.45) is 0 Å². The molecule has 2 aliphatic rings. The number of aliphatic hydroxyl groups is 1. The minimum absolute atomic E-state index is 0.0609. The maximum atomic E-state index is 13.6. The van der Waals surface area contributed by atoms with Gasteiger partial charge in [-0.2, -0.15) is 0 Å². The predicted molar refractivity (Wildman–Crippen MR) is 128 cm³/mol. The zero-order chi connectivity index (χ0) is 24.8. The zero-order valence-corrected chi connectivity index (χ0v) is 19.7. The van der Waals surface area contributed by atoms with E-state index in [1.54, 1.807) is 6.07 Å². The highest BCUT2D eigenvalue weighted by atomic mass is 19.1. The topological polar surface area (TPSA) is 100 Å². The number of ether oxygens (including phenoxy) is 2. The second kappa shape index (κ2) is 11.6. The molecule has 9 heteroatoms. The van der Waals surface area contributed by atoms with Crippen LogP contribution in [0.3, 0.4) is 0 Å². The summed E-state index contributed by atoms with van der Waals surface area (Å²) < 4.78 is 25.4. The van der Waals surface area contributed by atoms with Gasteiger partial charge in [0.05, 0.1) is 50.5 Å². The van der Waals surface area contributed by atoms with Crippen LogP contribution in [-0.4, -0.2) is 66.1 Å². The van der Waals surface area contributed by atoms with Gasteiger partial charge in [-0.25, -0.2) is 9.18 Å². The molecule has 2 fully saturated rings. The lowest BCUT2D eigenvalue weighted by Crippen LogP contribution is -2.58. The summed E-state index contributed by atoms with van der Waals surface area (Å²) in [5, 5.41) is 16.0. The quantitative estimate of drug-likeness (QED) is 0.604. The van der Waals surface area contributed by atoms with Gasteiger partial charge in [0, 0.05) is 5.69 Å². The third-order valence-corrected chi connectivity index (χ3v) is 6.41. The molecular weight excluding hydrogens is 453 g/mol. The van der Waals surface area contributed by atoms with Crippen molar-refractivity contribution in [2.45, 2.75) is 56.6 Å². The van der Waals surface area contributed by atoms with Crippen molar-refractivity contribution in [1.82, 2.24) is 10.2 Å². The lowest BCUT2D eigenvalue weighted by molar-refractivity contribution is -0.150. The van der Waals surface area contributed by atoms with E-state index in [9.17, 15) is 19.1 Å². The number of urea groups is 1. The van der Waals surface area contributed by atoms with Crippen molar-refractivity contribution in [3.63, 3.8) is 0 Å². The highest BCUT2D eigenvalue weighted by molar-refractivity contribution is 5.89. The average molecular weight is 486 g/mol. The van der Waals surface area contributed by atoms with Crippen LogP contribution >= 0.6 is 0 Å². The fourth-order valence-corrected chi connectivity index (χ4v) is 4.67. The van der Waals surface area contributed by atoms with Gasteiger partial charge in [0.1, 0.15) is 11.9 Å². The standard InChI is InChI=1S/C26H32FN3O5/c1-17(18-6-3-2-4-7-18)28-25(32)13-22-10-11-23-24(35-22)16-34-15-21(31)14-30(23)26(33)29-20-9-5-8-19(27)12-20/h2-9,12,17,21-24,31H,10-11,13-16H2,1H3,(H,28,32)(H,29,33)/t17-,21-,22+,23+,24-/m1/s1. The fraction of sp³-hybridized carbons (Fsp3) is 0.462. The van der Waals surface area contributed by atoms with Crippen molar-refractivity contribution in [3.05, 3.63) is 66.0 Å². The first-order chi connectivity index (χ1) is 16.9. The number of fused-ring (bicyclic) bond motifs is 1. The van der Waals surface area contributed by atoms with E-state index < -0.39 is 24.1 Å². The molecule has 2 aromatic rings. The smallest absolute Gasteiger partial charge is 0.322 e. The number of β-amino-alcohol motifs (C(OH)–C–C–N with tert-alkyl or cyclic N) is 1. The van der Waals surface area contributed by atoms with E-state index in [-0.39, 0.29) is 50.3 Å². The predicted octanol–water partition coefficient (Wildman–Crippen LogP) is 3.23. The fourth-order valence-electron chi connectivity index (χ4n) is 4.67. The lowest BCUT2D eigenvalue weighted by atomic mass is 9.94. The highest BCUT2D eigenvalue weighted by Gasteiger charge is 2.40. The first-order valence-electron chi connectivity index (χ1n) is 12.0. The van der Waals surface area contributed by atoms with Gasteiger partial charge >= 0.3 is 6.03 Å². The van der Waals surface area contributed by atoms with Crippen molar-refractivity contribution in [1.29, 1.82) is 0 Å². The molecule has 3 amide bonds. The molecule has 0 bridgehead atoms. The second-order valence-corrected chi connectivity index (χ2v) is 9.13. The maximum Gasteiger partial charge on any atom is 0.322 e. The van der Waals surface area contributed by atoms with E-state index >= 15 is 0 Å². The number of nitrogens with one attached hydrogen (secondary N) is 2. The summed E-state index contributed by atoms with van der Waals surface area (Å²) in [5.41, 5.74) is 1.36. The summed E-state index contributed by atoms with van der Waals surface area (Å²) in [7, 11) is 0. The molecule has 0 radical (unpaired) electrons. The summed E-state index contributed by atoms with van der Waals surface area (Å²) in [6, 6.07) is 14.5. The number of rotatable bonds is 5. The Labute approximate surface area is 204 Å². The highest BCUT2D eigenvalue weighted by Crippen LogP contribution is 2.28. The van der Waals surface area contributed by atoms with Gasteiger partial charge in [-0.15, -0.1) is 0 Å². The van der Waals surface area contributed by atoms with Gasteiger partial charge in [-0.05, 0) is 43.5 Å². The summed E-state index contributed by atoms with van der Waals surface area (Å²) in [5.74, 6) is -0.557. The number of hydrogen-bond acceptors (Lipinski definition) is 5. The van der Waals surface area contributed by atoms with E-state index in [4.69, 9.17) is 9.47 Å². The Bertz CT molecular complexity index is 1010. The molecule has 0 unspecified atom stereocenters. The largest absolute Gasteiger partial charge is 0.389 e. The molecule has 4 rings (SSSR count). The van der Waals surface area contributed by atoms with Crippen molar-refractivity contribution in [3.8, 4) is 0 Å². The Morgan fingerprint density at radius 3 is 2.71 bits per heavy atom. The molecule has 0 aromatic heterocycles. The molecule has 2 heterocycles. The normalized spacial score (nSPS) is 25.5. The van der Waals surface area contributed by atoms with Gasteiger partial charge in [-0.3, -0.25) is 4.79 Å². The van der Waals surface area contributed by atoms with E-state index in [0.29, 0.717) is 18.5 Å². The van der Waals surface area contributed by atoms with E-state index in [0.717, 1.165) is 5.56 Å². The number of nitrogens with zero attached hydrogens (tertiary/aromatic N) is 1. The molecule has 5 atom stereocenters. The van der Waals surface area contributed by atoms with Crippen LogP contribution in [0.5, 0.6) is 0 Å². The first kappa shape index (κ1) is 25.1. The number of amides is 3. The number of benzene rings is 2. The lowest BCUT2D eigenvalue weighted by Gasteiger charge is -2.44. The molecule has 3 N–H and O–H groups in total. The molecule has 35 heavy (non-hydrogen) atoms. The number of halogens is 1. The summed E-state index contributed by atoms with van der Waals surface area (Å²) >= 11 is 0. The SMILES string of the molecule is C[C@@H](NC(=O)C[C@@H]1CC[C@H]2[C@@H](COC[C@H](O)CN2C(=O)Nc2cccc(F)c2)O1)c1ccccc1. The number of carbonyl (C=O) groups is 2. The van der Waals surface area contributed by atoms with E-state index in [1.807, 2.05) is 37.3 Å². The zero-order valence-electron chi connectivity index (χ0n) is 19.7. The summed E-state index contributed by atoms with van der Waals surface area (Å²) in [6.45, 7) is 2.26. The van der Waals surface area contributed by atoms with Crippen LogP contribution < -0.4 is 10.6 Å². The van der Waals surface area contributed by atoms with Crippen LogP contribution in [0.2, 0.25) is 0 Å². The number of carbonyl (C=O) groups excluding carboxylic acids is 2. The monoisotopic (exact) mass is 485 g/mol. The molecule has 0 aliphatic carbocycles. The van der Waals surface area contributed by atoms with E-state index in [1.165, 1.54) is 23.1 Å². The maximum absolute atomic E-state index is 13.6. The summed E-state index contributed by atoms with van der Waals surface area (Å²) in [6.07, 6.45) is -0.229. The van der Waals surface area contributed by atoms with Gasteiger partial charge in [0.25, 0.3) is 0 Å². The molecule has 0 spiro atoms. The average Bonchev–Trinajstić information content (AvgIpc) is 2.82. The Balaban J connectivity index is 1.38. The van der Waals surface area contributed by atoms with Crippen molar-refractivity contribution < 1.29 is 28.6 Å². The number of anilines is 1. The van der Waals surface area contributed by atoms with Crippen LogP contribution in [0, 0.1) is 5.82 Å².